The van der Waals surface area contributed by atoms with Crippen molar-refractivity contribution >= 4 is 5.91 Å². The van der Waals surface area contributed by atoms with Gasteiger partial charge in [-0.25, -0.2) is 8.78 Å². The SMILES string of the molecule is O=C(Cc1ccc(F)cc1F)N1C2CCC1CC(O)C2. The highest BCUT2D eigenvalue weighted by molar-refractivity contribution is 5.80. The molecule has 2 aliphatic heterocycles. The molecule has 1 aromatic rings. The number of amides is 1. The number of aliphatic hydroxyl groups excluding tert-OH is 1. The van der Waals surface area contributed by atoms with Crippen LogP contribution in [0.2, 0.25) is 0 Å². The Morgan fingerprint density at radius 1 is 1.25 bits per heavy atom. The Hall–Kier alpha value is -1.49. The van der Waals surface area contributed by atoms with Crippen molar-refractivity contribution in [2.24, 2.45) is 0 Å². The second-order valence-corrected chi connectivity index (χ2v) is 5.72. The summed E-state index contributed by atoms with van der Waals surface area (Å²) >= 11 is 0. The van der Waals surface area contributed by atoms with Crippen LogP contribution in [-0.2, 0) is 11.2 Å². The molecule has 2 fully saturated rings. The topological polar surface area (TPSA) is 40.5 Å². The van der Waals surface area contributed by atoms with Crippen LogP contribution in [0.15, 0.2) is 18.2 Å². The van der Waals surface area contributed by atoms with Crippen LogP contribution in [0.5, 0.6) is 0 Å². The number of carbonyl (C=O) groups excluding carboxylic acids is 1. The first-order chi connectivity index (χ1) is 9.54. The van der Waals surface area contributed by atoms with Gasteiger partial charge in [0.1, 0.15) is 11.6 Å². The highest BCUT2D eigenvalue weighted by atomic mass is 19.1. The minimum atomic E-state index is -0.678. The number of piperidine rings is 1. The lowest BCUT2D eigenvalue weighted by Gasteiger charge is -2.37. The van der Waals surface area contributed by atoms with Crippen molar-refractivity contribution in [1.29, 1.82) is 0 Å². The molecule has 2 unspecified atom stereocenters. The summed E-state index contributed by atoms with van der Waals surface area (Å²) in [6.07, 6.45) is 2.63. The summed E-state index contributed by atoms with van der Waals surface area (Å²) in [5.74, 6) is -1.45. The zero-order valence-corrected chi connectivity index (χ0v) is 11.1. The number of nitrogens with zero attached hydrogens (tertiary/aromatic N) is 1. The summed E-state index contributed by atoms with van der Waals surface area (Å²) < 4.78 is 26.5. The van der Waals surface area contributed by atoms with Crippen LogP contribution in [0.1, 0.15) is 31.2 Å². The summed E-state index contributed by atoms with van der Waals surface area (Å²) in [5, 5.41) is 9.71. The van der Waals surface area contributed by atoms with E-state index in [0.29, 0.717) is 12.8 Å². The number of halogens is 2. The van der Waals surface area contributed by atoms with E-state index in [1.54, 1.807) is 4.90 Å². The Morgan fingerprint density at radius 2 is 1.90 bits per heavy atom. The van der Waals surface area contributed by atoms with Crippen molar-refractivity contribution in [2.45, 2.75) is 50.3 Å². The van der Waals surface area contributed by atoms with Crippen molar-refractivity contribution in [1.82, 2.24) is 4.90 Å². The van der Waals surface area contributed by atoms with E-state index in [1.807, 2.05) is 0 Å². The second kappa shape index (κ2) is 5.13. The van der Waals surface area contributed by atoms with E-state index in [1.165, 1.54) is 12.1 Å². The van der Waals surface area contributed by atoms with Crippen LogP contribution in [-0.4, -0.2) is 34.1 Å². The largest absolute Gasteiger partial charge is 0.393 e. The number of hydrogen-bond acceptors (Lipinski definition) is 2. The van der Waals surface area contributed by atoms with E-state index >= 15 is 0 Å². The first-order valence-electron chi connectivity index (χ1n) is 6.97. The molecule has 1 N–H and O–H groups in total. The molecule has 2 bridgehead atoms. The van der Waals surface area contributed by atoms with Crippen LogP contribution in [0, 0.1) is 11.6 Å². The van der Waals surface area contributed by atoms with E-state index < -0.39 is 11.6 Å². The van der Waals surface area contributed by atoms with Gasteiger partial charge in [-0.15, -0.1) is 0 Å². The summed E-state index contributed by atoms with van der Waals surface area (Å²) in [4.78, 5) is 14.2. The zero-order valence-electron chi connectivity index (χ0n) is 11.1. The van der Waals surface area contributed by atoms with E-state index in [4.69, 9.17) is 0 Å². The summed E-state index contributed by atoms with van der Waals surface area (Å²) in [6, 6.07) is 3.43. The molecule has 0 spiro atoms. The third kappa shape index (κ3) is 2.42. The molecule has 1 aromatic carbocycles. The molecule has 3 rings (SSSR count). The third-order valence-corrected chi connectivity index (χ3v) is 4.35. The van der Waals surface area contributed by atoms with Crippen LogP contribution >= 0.6 is 0 Å². The Kier molecular flexibility index (Phi) is 3.46. The molecule has 2 aliphatic rings. The van der Waals surface area contributed by atoms with E-state index in [0.717, 1.165) is 18.9 Å². The molecule has 108 valence electrons. The van der Waals surface area contributed by atoms with Gasteiger partial charge in [-0.2, -0.15) is 0 Å². The van der Waals surface area contributed by atoms with Crippen molar-refractivity contribution in [2.75, 3.05) is 0 Å². The Labute approximate surface area is 116 Å². The van der Waals surface area contributed by atoms with E-state index in [2.05, 4.69) is 0 Å². The number of carbonyl (C=O) groups is 1. The van der Waals surface area contributed by atoms with Gasteiger partial charge >= 0.3 is 0 Å². The average molecular weight is 281 g/mol. The molecule has 0 aromatic heterocycles. The van der Waals surface area contributed by atoms with Gasteiger partial charge in [0.15, 0.2) is 0 Å². The highest BCUT2D eigenvalue weighted by Crippen LogP contribution is 2.36. The predicted octanol–water partition coefficient (Wildman–Crippen LogP) is 2.02. The summed E-state index contributed by atoms with van der Waals surface area (Å²) in [7, 11) is 0. The first kappa shape index (κ1) is 13.5. The average Bonchev–Trinajstić information content (AvgIpc) is 2.65. The Morgan fingerprint density at radius 3 is 2.50 bits per heavy atom. The van der Waals surface area contributed by atoms with Crippen molar-refractivity contribution in [3.8, 4) is 0 Å². The molecule has 2 atom stereocenters. The fraction of sp³-hybridized carbons (Fsp3) is 0.533. The van der Waals surface area contributed by atoms with Gasteiger partial charge in [-0.05, 0) is 37.3 Å². The lowest BCUT2D eigenvalue weighted by Crippen LogP contribution is -2.48. The van der Waals surface area contributed by atoms with Crippen LogP contribution in [0.25, 0.3) is 0 Å². The van der Waals surface area contributed by atoms with Gasteiger partial charge in [-0.3, -0.25) is 4.79 Å². The van der Waals surface area contributed by atoms with Gasteiger partial charge in [0.25, 0.3) is 0 Å². The normalized spacial score (nSPS) is 28.8. The molecule has 3 nitrogen and oxygen atoms in total. The van der Waals surface area contributed by atoms with Gasteiger partial charge in [0.2, 0.25) is 5.91 Å². The van der Waals surface area contributed by atoms with Crippen molar-refractivity contribution < 1.29 is 18.7 Å². The van der Waals surface area contributed by atoms with Gasteiger partial charge < -0.3 is 10.0 Å². The molecule has 0 aliphatic carbocycles. The molecule has 0 radical (unpaired) electrons. The summed E-state index contributed by atoms with van der Waals surface area (Å²) in [5.41, 5.74) is 0.224. The van der Waals surface area contributed by atoms with Crippen LogP contribution < -0.4 is 0 Å². The minimum Gasteiger partial charge on any atom is -0.393 e. The first-order valence-corrected chi connectivity index (χ1v) is 6.97. The standard InChI is InChI=1S/C15H17F2NO2/c16-10-2-1-9(14(17)6-10)5-15(20)18-11-3-4-12(18)8-13(19)7-11/h1-2,6,11-13,19H,3-5,7-8H2. The molecule has 20 heavy (non-hydrogen) atoms. The Bertz CT molecular complexity index is 521. The highest BCUT2D eigenvalue weighted by Gasteiger charge is 2.42. The van der Waals surface area contributed by atoms with Gasteiger partial charge in [-0.1, -0.05) is 6.07 Å². The Balaban J connectivity index is 1.74. The van der Waals surface area contributed by atoms with E-state index in [-0.39, 0.29) is 36.1 Å². The summed E-state index contributed by atoms with van der Waals surface area (Å²) in [6.45, 7) is 0. The third-order valence-electron chi connectivity index (χ3n) is 4.35. The smallest absolute Gasteiger partial charge is 0.227 e. The molecular weight excluding hydrogens is 264 g/mol. The molecule has 1 amide bonds. The maximum absolute atomic E-state index is 13.6. The second-order valence-electron chi connectivity index (χ2n) is 5.72. The number of rotatable bonds is 2. The number of fused-ring (bicyclic) bond motifs is 2. The molecular formula is C15H17F2NO2. The van der Waals surface area contributed by atoms with Gasteiger partial charge in [0.05, 0.1) is 12.5 Å². The fourth-order valence-corrected chi connectivity index (χ4v) is 3.47. The number of aliphatic hydroxyl groups is 1. The lowest BCUT2D eigenvalue weighted by molar-refractivity contribution is -0.136. The number of hydrogen-bond donors (Lipinski definition) is 1. The predicted molar refractivity (Wildman–Crippen MR) is 69.0 cm³/mol. The zero-order chi connectivity index (χ0) is 14.3. The molecule has 0 saturated carbocycles. The van der Waals surface area contributed by atoms with Crippen LogP contribution in [0.3, 0.4) is 0 Å². The molecule has 5 heteroatoms. The van der Waals surface area contributed by atoms with E-state index in [9.17, 15) is 18.7 Å². The van der Waals surface area contributed by atoms with Crippen molar-refractivity contribution in [3.05, 3.63) is 35.4 Å². The monoisotopic (exact) mass is 281 g/mol. The van der Waals surface area contributed by atoms with Crippen molar-refractivity contribution in [3.63, 3.8) is 0 Å². The fourth-order valence-electron chi connectivity index (χ4n) is 3.47. The molecule has 2 heterocycles. The maximum atomic E-state index is 13.6. The molecule has 2 saturated heterocycles. The van der Waals surface area contributed by atoms with Gasteiger partial charge in [0, 0.05) is 18.2 Å². The number of benzene rings is 1. The lowest BCUT2D eigenvalue weighted by atomic mass is 9.98. The minimum absolute atomic E-state index is 0.0464. The quantitative estimate of drug-likeness (QED) is 0.901. The van der Waals surface area contributed by atoms with Crippen LogP contribution in [0.4, 0.5) is 8.78 Å². The maximum Gasteiger partial charge on any atom is 0.227 e.